The number of nitrogens with one attached hydrogen (secondary N) is 1. The maximum Gasteiger partial charge on any atom is 0.246 e. The Labute approximate surface area is 72.4 Å². The van der Waals surface area contributed by atoms with Gasteiger partial charge in [-0.3, -0.25) is 9.63 Å². The zero-order valence-electron chi connectivity index (χ0n) is 7.38. The molecule has 0 aliphatic heterocycles. The molecule has 3 heteroatoms. The van der Waals surface area contributed by atoms with Gasteiger partial charge in [0.25, 0.3) is 0 Å². The molecule has 0 bridgehead atoms. The number of carbonyl (C=O) groups excluding carboxylic acids is 1. The Hall–Kier alpha value is -0.570. The Balaban J connectivity index is 1.62. The summed E-state index contributed by atoms with van der Waals surface area (Å²) in [6.07, 6.45) is 4.75. The van der Waals surface area contributed by atoms with Crippen molar-refractivity contribution in [2.75, 3.05) is 0 Å². The third-order valence-corrected chi connectivity index (χ3v) is 2.82. The molecular formula is C9H15NO2. The summed E-state index contributed by atoms with van der Waals surface area (Å²) >= 11 is 0. The summed E-state index contributed by atoms with van der Waals surface area (Å²) < 4.78 is 0. The van der Waals surface area contributed by atoms with E-state index in [1.807, 2.05) is 0 Å². The summed E-state index contributed by atoms with van der Waals surface area (Å²) in [5.74, 6) is 0.870. The van der Waals surface area contributed by atoms with Crippen LogP contribution in [0.3, 0.4) is 0 Å². The van der Waals surface area contributed by atoms with Gasteiger partial charge in [0, 0.05) is 5.92 Å². The fourth-order valence-corrected chi connectivity index (χ4v) is 1.39. The first kappa shape index (κ1) is 8.05. The molecule has 2 aliphatic rings. The van der Waals surface area contributed by atoms with E-state index in [0.29, 0.717) is 12.0 Å². The highest BCUT2D eigenvalue weighted by molar-refractivity contribution is 5.80. The fourth-order valence-electron chi connectivity index (χ4n) is 1.39. The number of hydroxylamine groups is 1. The van der Waals surface area contributed by atoms with E-state index in [9.17, 15) is 4.79 Å². The number of rotatable bonds is 3. The molecule has 0 unspecified atom stereocenters. The molecule has 2 rings (SSSR count). The topological polar surface area (TPSA) is 38.3 Å². The maximum atomic E-state index is 11.2. The number of hydrogen-bond donors (Lipinski definition) is 1. The van der Waals surface area contributed by atoms with E-state index in [0.717, 1.165) is 19.3 Å². The molecule has 1 N–H and O–H groups in total. The summed E-state index contributed by atoms with van der Waals surface area (Å²) in [7, 11) is 0. The first-order valence-corrected chi connectivity index (χ1v) is 4.73. The van der Waals surface area contributed by atoms with E-state index in [1.165, 1.54) is 6.42 Å². The van der Waals surface area contributed by atoms with Gasteiger partial charge < -0.3 is 0 Å². The summed E-state index contributed by atoms with van der Waals surface area (Å²) in [5.41, 5.74) is 2.54. The lowest BCUT2D eigenvalue weighted by Crippen LogP contribution is -2.34. The third kappa shape index (κ3) is 1.61. The summed E-state index contributed by atoms with van der Waals surface area (Å²) in [6, 6.07) is 0. The van der Waals surface area contributed by atoms with Crippen LogP contribution in [0.4, 0.5) is 0 Å². The molecular weight excluding hydrogens is 154 g/mol. The van der Waals surface area contributed by atoms with Crippen molar-refractivity contribution >= 4 is 5.91 Å². The largest absolute Gasteiger partial charge is 0.272 e. The zero-order valence-corrected chi connectivity index (χ0v) is 7.38. The summed E-state index contributed by atoms with van der Waals surface area (Å²) in [6.45, 7) is 2.09. The highest BCUT2D eigenvalue weighted by Gasteiger charge is 2.39. The molecule has 2 aliphatic carbocycles. The second-order valence-electron chi connectivity index (χ2n) is 3.96. The second-order valence-corrected chi connectivity index (χ2v) is 3.96. The highest BCUT2D eigenvalue weighted by atomic mass is 16.7. The quantitative estimate of drug-likeness (QED) is 0.645. The van der Waals surface area contributed by atoms with Gasteiger partial charge in [-0.2, -0.15) is 0 Å². The van der Waals surface area contributed by atoms with Crippen LogP contribution in [0.25, 0.3) is 0 Å². The summed E-state index contributed by atoms with van der Waals surface area (Å²) in [5, 5.41) is 0. The predicted molar refractivity (Wildman–Crippen MR) is 44.1 cm³/mol. The lowest BCUT2D eigenvalue weighted by atomic mass is 9.97. The molecule has 0 aromatic carbocycles. The highest BCUT2D eigenvalue weighted by Crippen LogP contribution is 2.37. The fraction of sp³-hybridized carbons (Fsp3) is 0.889. The Morgan fingerprint density at radius 1 is 1.50 bits per heavy atom. The molecule has 2 saturated carbocycles. The average molecular weight is 169 g/mol. The molecule has 2 atom stereocenters. The van der Waals surface area contributed by atoms with Crippen molar-refractivity contribution in [2.45, 2.75) is 38.7 Å². The van der Waals surface area contributed by atoms with E-state index in [2.05, 4.69) is 12.4 Å². The van der Waals surface area contributed by atoms with Gasteiger partial charge in [0.1, 0.15) is 0 Å². The summed E-state index contributed by atoms with van der Waals surface area (Å²) in [4.78, 5) is 16.4. The Morgan fingerprint density at radius 2 is 2.17 bits per heavy atom. The van der Waals surface area contributed by atoms with Gasteiger partial charge >= 0.3 is 0 Å². The van der Waals surface area contributed by atoms with Crippen molar-refractivity contribution in [3.8, 4) is 0 Å². The molecule has 3 nitrogen and oxygen atoms in total. The van der Waals surface area contributed by atoms with E-state index in [1.54, 1.807) is 0 Å². The van der Waals surface area contributed by atoms with Crippen LogP contribution in [0.2, 0.25) is 0 Å². The molecule has 12 heavy (non-hydrogen) atoms. The number of hydrogen-bond acceptors (Lipinski definition) is 2. The van der Waals surface area contributed by atoms with Gasteiger partial charge in [0.2, 0.25) is 5.91 Å². The van der Waals surface area contributed by atoms with Crippen molar-refractivity contribution in [1.29, 1.82) is 0 Å². The van der Waals surface area contributed by atoms with Crippen LogP contribution in [0.15, 0.2) is 0 Å². The zero-order chi connectivity index (χ0) is 8.55. The van der Waals surface area contributed by atoms with Crippen LogP contribution < -0.4 is 5.48 Å². The van der Waals surface area contributed by atoms with Gasteiger partial charge in [-0.25, -0.2) is 5.48 Å². The predicted octanol–water partition coefficient (Wildman–Crippen LogP) is 1.24. The monoisotopic (exact) mass is 169 g/mol. The number of carbonyl (C=O) groups is 1. The number of amides is 1. The van der Waals surface area contributed by atoms with Gasteiger partial charge in [-0.05, 0) is 31.6 Å². The van der Waals surface area contributed by atoms with Gasteiger partial charge in [-0.1, -0.05) is 6.92 Å². The van der Waals surface area contributed by atoms with E-state index in [4.69, 9.17) is 4.84 Å². The van der Waals surface area contributed by atoms with Crippen LogP contribution in [-0.4, -0.2) is 12.0 Å². The van der Waals surface area contributed by atoms with Gasteiger partial charge in [-0.15, -0.1) is 0 Å². The normalized spacial score (nSPS) is 34.1. The van der Waals surface area contributed by atoms with Crippen LogP contribution in [0.1, 0.15) is 32.6 Å². The van der Waals surface area contributed by atoms with Crippen LogP contribution in [0.5, 0.6) is 0 Å². The van der Waals surface area contributed by atoms with Crippen molar-refractivity contribution < 1.29 is 9.63 Å². The Morgan fingerprint density at radius 3 is 2.58 bits per heavy atom. The maximum absolute atomic E-state index is 11.2. The lowest BCUT2D eigenvalue weighted by Gasteiger charge is -2.24. The van der Waals surface area contributed by atoms with Gasteiger partial charge in [0.15, 0.2) is 0 Å². The molecule has 0 heterocycles. The van der Waals surface area contributed by atoms with E-state index < -0.39 is 0 Å². The Bertz CT molecular complexity index is 189. The van der Waals surface area contributed by atoms with E-state index in [-0.39, 0.29) is 11.8 Å². The SMILES string of the molecule is C[C@@H]1C[C@H]1C(=O)NOC1CCC1. The molecule has 1 amide bonds. The third-order valence-electron chi connectivity index (χ3n) is 2.82. The van der Waals surface area contributed by atoms with Crippen molar-refractivity contribution in [2.24, 2.45) is 11.8 Å². The first-order chi connectivity index (χ1) is 5.77. The van der Waals surface area contributed by atoms with Crippen LogP contribution in [0, 0.1) is 11.8 Å². The molecule has 0 spiro atoms. The molecule has 0 radical (unpaired) electrons. The molecule has 0 aromatic rings. The smallest absolute Gasteiger partial charge is 0.246 e. The van der Waals surface area contributed by atoms with Crippen molar-refractivity contribution in [3.63, 3.8) is 0 Å². The molecule has 0 aromatic heterocycles. The lowest BCUT2D eigenvalue weighted by molar-refractivity contribution is -0.144. The minimum Gasteiger partial charge on any atom is -0.272 e. The molecule has 68 valence electrons. The van der Waals surface area contributed by atoms with Crippen molar-refractivity contribution in [1.82, 2.24) is 5.48 Å². The standard InChI is InChI=1S/C9H15NO2/c1-6-5-8(6)9(11)10-12-7-3-2-4-7/h6-8H,2-5H2,1H3,(H,10,11)/t6-,8-/m1/s1. The minimum absolute atomic E-state index is 0.0781. The second kappa shape index (κ2) is 3.05. The van der Waals surface area contributed by atoms with Crippen LogP contribution in [-0.2, 0) is 9.63 Å². The first-order valence-electron chi connectivity index (χ1n) is 4.73. The molecule has 0 saturated heterocycles. The minimum atomic E-state index is 0.0781. The van der Waals surface area contributed by atoms with E-state index >= 15 is 0 Å². The molecule has 2 fully saturated rings. The van der Waals surface area contributed by atoms with Gasteiger partial charge in [0.05, 0.1) is 6.10 Å². The van der Waals surface area contributed by atoms with Crippen molar-refractivity contribution in [3.05, 3.63) is 0 Å². The Kier molecular flexibility index (Phi) is 2.05. The van der Waals surface area contributed by atoms with Crippen LogP contribution >= 0.6 is 0 Å². The average Bonchev–Trinajstić information content (AvgIpc) is 2.63.